The number of carbonyl (C=O) groups is 1. The molecule has 1 aliphatic rings. The maximum absolute atomic E-state index is 13.5. The summed E-state index contributed by atoms with van der Waals surface area (Å²) in [4.78, 5) is 12.2. The average molecular weight is 347 g/mol. The van der Waals surface area contributed by atoms with Crippen molar-refractivity contribution in [3.8, 4) is 0 Å². The molecule has 6 heteroatoms. The molecule has 0 aliphatic carbocycles. The molecule has 0 spiro atoms. The van der Waals surface area contributed by atoms with Gasteiger partial charge in [-0.1, -0.05) is 26.3 Å². The zero-order valence-corrected chi connectivity index (χ0v) is 14.4. The number of piperidine rings is 1. The Morgan fingerprint density at radius 3 is 2.78 bits per heavy atom. The number of benzene rings is 1. The molecular formula is C17H25ClF2N2O. The highest BCUT2D eigenvalue weighted by Crippen LogP contribution is 2.27. The predicted molar refractivity (Wildman–Crippen MR) is 89.8 cm³/mol. The van der Waals surface area contributed by atoms with Crippen LogP contribution in [0, 0.1) is 17.6 Å². The van der Waals surface area contributed by atoms with E-state index in [1.165, 1.54) is 6.07 Å². The SMILES string of the molecule is CCCC(C)C(=O)NC1CNCCC1c1ccc(F)c(F)c1.Cl. The minimum atomic E-state index is -0.838. The van der Waals surface area contributed by atoms with Crippen molar-refractivity contribution < 1.29 is 13.6 Å². The Hall–Kier alpha value is -1.20. The summed E-state index contributed by atoms with van der Waals surface area (Å²) in [6.07, 6.45) is 2.60. The first-order valence-corrected chi connectivity index (χ1v) is 7.99. The number of nitrogens with one attached hydrogen (secondary N) is 2. The predicted octanol–water partition coefficient (Wildman–Crippen LogP) is 3.38. The second kappa shape index (κ2) is 9.18. The Labute approximate surface area is 142 Å². The lowest BCUT2D eigenvalue weighted by Crippen LogP contribution is -2.51. The average Bonchev–Trinajstić information content (AvgIpc) is 2.51. The van der Waals surface area contributed by atoms with E-state index in [0.717, 1.165) is 37.4 Å². The summed E-state index contributed by atoms with van der Waals surface area (Å²) in [7, 11) is 0. The number of amides is 1. The molecule has 1 fully saturated rings. The largest absolute Gasteiger partial charge is 0.351 e. The topological polar surface area (TPSA) is 41.1 Å². The molecule has 1 amide bonds. The van der Waals surface area contributed by atoms with Gasteiger partial charge in [-0.2, -0.15) is 0 Å². The summed E-state index contributed by atoms with van der Waals surface area (Å²) in [6, 6.07) is 3.93. The molecule has 2 N–H and O–H groups in total. The molecule has 23 heavy (non-hydrogen) atoms. The van der Waals surface area contributed by atoms with E-state index in [9.17, 15) is 13.6 Å². The Bertz CT molecular complexity index is 527. The molecule has 1 aromatic carbocycles. The number of carbonyl (C=O) groups excluding carboxylic acids is 1. The van der Waals surface area contributed by atoms with Crippen LogP contribution in [0.5, 0.6) is 0 Å². The van der Waals surface area contributed by atoms with Crippen molar-refractivity contribution in [2.75, 3.05) is 13.1 Å². The van der Waals surface area contributed by atoms with Crippen molar-refractivity contribution in [2.24, 2.45) is 5.92 Å². The third-order valence-corrected chi connectivity index (χ3v) is 4.35. The van der Waals surface area contributed by atoms with Gasteiger partial charge in [0.2, 0.25) is 5.91 Å². The highest BCUT2D eigenvalue weighted by Gasteiger charge is 2.29. The standard InChI is InChI=1S/C17H24F2N2O.ClH/c1-3-4-11(2)17(22)21-16-10-20-8-7-13(16)12-5-6-14(18)15(19)9-12;/h5-6,9,11,13,16,20H,3-4,7-8,10H2,1-2H3,(H,21,22);1H. The van der Waals surface area contributed by atoms with Crippen LogP contribution in [0.1, 0.15) is 44.6 Å². The molecule has 1 aromatic rings. The molecule has 3 unspecified atom stereocenters. The lowest BCUT2D eigenvalue weighted by molar-refractivity contribution is -0.125. The molecule has 2 rings (SSSR count). The monoisotopic (exact) mass is 346 g/mol. The zero-order chi connectivity index (χ0) is 16.1. The minimum absolute atomic E-state index is 0. The van der Waals surface area contributed by atoms with Crippen molar-refractivity contribution in [1.29, 1.82) is 0 Å². The van der Waals surface area contributed by atoms with E-state index in [-0.39, 0.29) is 36.2 Å². The number of rotatable bonds is 5. The van der Waals surface area contributed by atoms with Gasteiger partial charge in [0.15, 0.2) is 11.6 Å². The molecule has 1 aliphatic heterocycles. The fourth-order valence-electron chi connectivity index (χ4n) is 3.04. The highest BCUT2D eigenvalue weighted by atomic mass is 35.5. The van der Waals surface area contributed by atoms with E-state index in [0.29, 0.717) is 6.54 Å². The fraction of sp³-hybridized carbons (Fsp3) is 0.588. The smallest absolute Gasteiger partial charge is 0.223 e. The maximum atomic E-state index is 13.5. The van der Waals surface area contributed by atoms with E-state index >= 15 is 0 Å². The van der Waals surface area contributed by atoms with E-state index in [2.05, 4.69) is 17.6 Å². The van der Waals surface area contributed by atoms with Crippen LogP contribution in [0.3, 0.4) is 0 Å². The second-order valence-corrected chi connectivity index (χ2v) is 6.08. The van der Waals surface area contributed by atoms with Gasteiger partial charge in [0.1, 0.15) is 0 Å². The minimum Gasteiger partial charge on any atom is -0.351 e. The molecule has 1 heterocycles. The van der Waals surface area contributed by atoms with Gasteiger partial charge in [-0.05, 0) is 37.1 Å². The first kappa shape index (κ1) is 19.8. The van der Waals surface area contributed by atoms with Crippen molar-refractivity contribution in [1.82, 2.24) is 10.6 Å². The Morgan fingerprint density at radius 2 is 2.13 bits per heavy atom. The van der Waals surface area contributed by atoms with Crippen molar-refractivity contribution >= 4 is 18.3 Å². The van der Waals surface area contributed by atoms with E-state index in [4.69, 9.17) is 0 Å². The van der Waals surface area contributed by atoms with Crippen LogP contribution in [0.4, 0.5) is 8.78 Å². The van der Waals surface area contributed by atoms with Crippen LogP contribution >= 0.6 is 12.4 Å². The summed E-state index contributed by atoms with van der Waals surface area (Å²) in [5, 5.41) is 6.32. The summed E-state index contributed by atoms with van der Waals surface area (Å²) in [6.45, 7) is 5.42. The van der Waals surface area contributed by atoms with Crippen molar-refractivity contribution in [2.45, 2.75) is 45.1 Å². The van der Waals surface area contributed by atoms with Gasteiger partial charge in [-0.15, -0.1) is 12.4 Å². The lowest BCUT2D eigenvalue weighted by Gasteiger charge is -2.34. The third-order valence-electron chi connectivity index (χ3n) is 4.35. The number of hydrogen-bond acceptors (Lipinski definition) is 2. The maximum Gasteiger partial charge on any atom is 0.223 e. The number of hydrogen-bond donors (Lipinski definition) is 2. The van der Waals surface area contributed by atoms with Gasteiger partial charge in [0, 0.05) is 24.4 Å². The van der Waals surface area contributed by atoms with Crippen LogP contribution in [-0.2, 0) is 4.79 Å². The quantitative estimate of drug-likeness (QED) is 0.858. The molecule has 0 aromatic heterocycles. The van der Waals surface area contributed by atoms with Gasteiger partial charge >= 0.3 is 0 Å². The third kappa shape index (κ3) is 5.15. The summed E-state index contributed by atoms with van der Waals surface area (Å²) in [5.41, 5.74) is 0.744. The number of halogens is 3. The van der Waals surface area contributed by atoms with Crippen LogP contribution in [0.15, 0.2) is 18.2 Å². The molecule has 3 atom stereocenters. The molecule has 130 valence electrons. The highest BCUT2D eigenvalue weighted by molar-refractivity contribution is 5.85. The van der Waals surface area contributed by atoms with Gasteiger partial charge in [-0.25, -0.2) is 8.78 Å². The van der Waals surface area contributed by atoms with Gasteiger partial charge in [0.25, 0.3) is 0 Å². The van der Waals surface area contributed by atoms with Crippen molar-refractivity contribution in [3.05, 3.63) is 35.4 Å². The Balaban J connectivity index is 0.00000264. The molecule has 3 nitrogen and oxygen atoms in total. The fourth-order valence-corrected chi connectivity index (χ4v) is 3.04. The molecule has 0 bridgehead atoms. The Morgan fingerprint density at radius 1 is 1.39 bits per heavy atom. The summed E-state index contributed by atoms with van der Waals surface area (Å²) < 4.78 is 26.6. The molecule has 0 radical (unpaired) electrons. The molecule has 0 saturated carbocycles. The normalized spacial score (nSPS) is 22.1. The zero-order valence-electron chi connectivity index (χ0n) is 13.6. The van der Waals surface area contributed by atoms with E-state index < -0.39 is 11.6 Å². The van der Waals surface area contributed by atoms with Gasteiger partial charge < -0.3 is 10.6 Å². The van der Waals surface area contributed by atoms with Gasteiger partial charge in [-0.3, -0.25) is 4.79 Å². The van der Waals surface area contributed by atoms with Gasteiger partial charge in [0.05, 0.1) is 0 Å². The van der Waals surface area contributed by atoms with Crippen molar-refractivity contribution in [3.63, 3.8) is 0 Å². The van der Waals surface area contributed by atoms with Crippen LogP contribution in [0.25, 0.3) is 0 Å². The summed E-state index contributed by atoms with van der Waals surface area (Å²) in [5.74, 6) is -1.66. The molecular weight excluding hydrogens is 322 g/mol. The Kier molecular flexibility index (Phi) is 7.92. The van der Waals surface area contributed by atoms with E-state index in [1.54, 1.807) is 6.07 Å². The lowest BCUT2D eigenvalue weighted by atomic mass is 9.85. The summed E-state index contributed by atoms with van der Waals surface area (Å²) >= 11 is 0. The van der Waals surface area contributed by atoms with Crippen LogP contribution in [-0.4, -0.2) is 25.0 Å². The van der Waals surface area contributed by atoms with Crippen LogP contribution in [0.2, 0.25) is 0 Å². The first-order valence-electron chi connectivity index (χ1n) is 7.99. The first-order chi connectivity index (χ1) is 10.5. The van der Waals surface area contributed by atoms with Crippen LogP contribution < -0.4 is 10.6 Å². The molecule has 1 saturated heterocycles. The van der Waals surface area contributed by atoms with E-state index in [1.807, 2.05) is 6.92 Å². The second-order valence-electron chi connectivity index (χ2n) is 6.08.